The van der Waals surface area contributed by atoms with Gasteiger partial charge >= 0.3 is 0 Å². The number of nitrogens with one attached hydrogen (secondary N) is 2. The largest absolute Gasteiger partial charge is 0.397 e. The molecular weight excluding hydrogens is 388 g/mol. The number of carbonyl (C=O) groups excluding carboxylic acids is 2. The Hall–Kier alpha value is -3.93. The van der Waals surface area contributed by atoms with E-state index < -0.39 is 0 Å². The Morgan fingerprint density at radius 2 is 1.81 bits per heavy atom. The Balaban J connectivity index is 1.40. The van der Waals surface area contributed by atoms with Crippen molar-refractivity contribution < 1.29 is 9.59 Å². The minimum Gasteiger partial charge on any atom is -0.397 e. The molecule has 0 saturated carbocycles. The van der Waals surface area contributed by atoms with Crippen molar-refractivity contribution in [1.29, 1.82) is 0 Å². The second-order valence-electron chi connectivity index (χ2n) is 7.05. The summed E-state index contributed by atoms with van der Waals surface area (Å²) in [6.07, 6.45) is 8.95. The number of hydrogen-bond acceptors (Lipinski definition) is 4. The summed E-state index contributed by atoms with van der Waals surface area (Å²) in [5.41, 5.74) is 9.72. The zero-order valence-electron chi connectivity index (χ0n) is 17.3. The molecule has 0 atom stereocenters. The number of hydrogen-bond donors (Lipinski definition) is 3. The molecule has 4 N–H and O–H groups in total. The molecular formula is C25H26N4O2. The molecule has 0 fully saturated rings. The average Bonchev–Trinajstić information content (AvgIpc) is 2.81. The molecule has 0 aliphatic rings. The summed E-state index contributed by atoms with van der Waals surface area (Å²) >= 11 is 0. The van der Waals surface area contributed by atoms with Gasteiger partial charge in [0.2, 0.25) is 5.91 Å². The first-order valence-corrected chi connectivity index (χ1v) is 10.2. The van der Waals surface area contributed by atoms with Crippen molar-refractivity contribution in [2.24, 2.45) is 0 Å². The van der Waals surface area contributed by atoms with E-state index in [1.165, 1.54) is 6.08 Å². The van der Waals surface area contributed by atoms with Crippen molar-refractivity contribution in [2.75, 3.05) is 17.6 Å². The highest BCUT2D eigenvalue weighted by Crippen LogP contribution is 2.27. The molecule has 0 spiro atoms. The third-order valence-corrected chi connectivity index (χ3v) is 4.69. The highest BCUT2D eigenvalue weighted by Gasteiger charge is 2.06. The number of carbonyl (C=O) groups is 2. The normalized spacial score (nSPS) is 10.7. The number of nitrogens with zero attached hydrogens (tertiary/aromatic N) is 1. The Morgan fingerprint density at radius 3 is 2.58 bits per heavy atom. The van der Waals surface area contributed by atoms with Gasteiger partial charge in [-0.3, -0.25) is 14.6 Å². The second-order valence-corrected chi connectivity index (χ2v) is 7.05. The van der Waals surface area contributed by atoms with Crippen LogP contribution in [0, 0.1) is 0 Å². The van der Waals surface area contributed by atoms with Crippen molar-refractivity contribution in [3.05, 3.63) is 90.8 Å². The van der Waals surface area contributed by atoms with Crippen molar-refractivity contribution in [1.82, 2.24) is 10.3 Å². The quantitative estimate of drug-likeness (QED) is 0.274. The van der Waals surface area contributed by atoms with Gasteiger partial charge in [0, 0.05) is 18.9 Å². The van der Waals surface area contributed by atoms with E-state index in [9.17, 15) is 9.59 Å². The predicted octanol–water partition coefficient (Wildman–Crippen LogP) is 4.43. The summed E-state index contributed by atoms with van der Waals surface area (Å²) in [7, 11) is 0. The lowest BCUT2D eigenvalue weighted by Crippen LogP contribution is -2.24. The summed E-state index contributed by atoms with van der Waals surface area (Å²) in [4.78, 5) is 28.1. The predicted molar refractivity (Wildman–Crippen MR) is 124 cm³/mol. The van der Waals surface area contributed by atoms with Crippen LogP contribution < -0.4 is 16.4 Å². The van der Waals surface area contributed by atoms with Gasteiger partial charge in [0.05, 0.1) is 16.9 Å². The molecule has 2 aromatic carbocycles. The maximum atomic E-state index is 12.2. The number of amides is 2. The first-order valence-electron chi connectivity index (χ1n) is 10.2. The van der Waals surface area contributed by atoms with Crippen molar-refractivity contribution in [2.45, 2.75) is 19.3 Å². The Kier molecular flexibility index (Phi) is 7.94. The molecule has 1 aromatic heterocycles. The molecule has 3 aromatic rings. The summed E-state index contributed by atoms with van der Waals surface area (Å²) in [5, 5.41) is 5.70. The standard InChI is InChI=1S/C25H26N4O2/c26-22-14-13-20(19-9-4-3-5-10-19)17-23(22)29-24(30)12-6-1-2-7-16-28-25(31)21-11-8-15-27-18-21/h3-6,8-15,17-18H,1-2,7,16,26H2,(H,28,31)(H,29,30). The van der Waals surface area contributed by atoms with Crippen molar-refractivity contribution in [3.8, 4) is 11.1 Å². The third kappa shape index (κ3) is 6.82. The molecule has 158 valence electrons. The van der Waals surface area contributed by atoms with Gasteiger partial charge in [-0.05, 0) is 60.7 Å². The van der Waals surface area contributed by atoms with Gasteiger partial charge in [-0.1, -0.05) is 42.5 Å². The Morgan fingerprint density at radius 1 is 0.968 bits per heavy atom. The average molecular weight is 415 g/mol. The van der Waals surface area contributed by atoms with Gasteiger partial charge < -0.3 is 16.4 Å². The zero-order chi connectivity index (χ0) is 21.9. The first kappa shape index (κ1) is 21.8. The number of nitrogens with two attached hydrogens (primary N) is 1. The fraction of sp³-hybridized carbons (Fsp3) is 0.160. The Labute approximate surface area is 182 Å². The molecule has 31 heavy (non-hydrogen) atoms. The molecule has 0 unspecified atom stereocenters. The molecule has 1 heterocycles. The minimum atomic E-state index is -0.221. The van der Waals surface area contributed by atoms with Gasteiger partial charge in [-0.25, -0.2) is 0 Å². The molecule has 3 rings (SSSR count). The lowest BCUT2D eigenvalue weighted by atomic mass is 10.0. The number of aromatic nitrogens is 1. The van der Waals surface area contributed by atoms with Crippen LogP contribution in [0.5, 0.6) is 0 Å². The van der Waals surface area contributed by atoms with E-state index in [-0.39, 0.29) is 11.8 Å². The highest BCUT2D eigenvalue weighted by atomic mass is 16.2. The molecule has 0 bridgehead atoms. The van der Waals surface area contributed by atoms with Crippen LogP contribution in [0.25, 0.3) is 11.1 Å². The number of benzene rings is 2. The number of unbranched alkanes of at least 4 members (excludes halogenated alkanes) is 2. The van der Waals surface area contributed by atoms with E-state index in [1.54, 1.807) is 30.6 Å². The lowest BCUT2D eigenvalue weighted by Gasteiger charge is -2.09. The van der Waals surface area contributed by atoms with E-state index in [2.05, 4.69) is 15.6 Å². The van der Waals surface area contributed by atoms with Gasteiger partial charge in [0.15, 0.2) is 0 Å². The van der Waals surface area contributed by atoms with Crippen molar-refractivity contribution >= 4 is 23.2 Å². The van der Waals surface area contributed by atoms with Crippen LogP contribution in [0.2, 0.25) is 0 Å². The van der Waals surface area contributed by atoms with Crippen LogP contribution >= 0.6 is 0 Å². The SMILES string of the molecule is Nc1ccc(-c2ccccc2)cc1NC(=O)C=CCCCCNC(=O)c1cccnc1. The van der Waals surface area contributed by atoms with E-state index in [1.807, 2.05) is 48.5 Å². The molecule has 0 aliphatic carbocycles. The number of rotatable bonds is 9. The summed E-state index contributed by atoms with van der Waals surface area (Å²) in [5.74, 6) is -0.347. The molecule has 0 radical (unpaired) electrons. The molecule has 0 aliphatic heterocycles. The van der Waals surface area contributed by atoms with Crippen LogP contribution in [0.1, 0.15) is 29.6 Å². The van der Waals surface area contributed by atoms with Crippen LogP contribution in [0.3, 0.4) is 0 Å². The van der Waals surface area contributed by atoms with E-state index >= 15 is 0 Å². The summed E-state index contributed by atoms with van der Waals surface area (Å²) in [6.45, 7) is 0.580. The van der Waals surface area contributed by atoms with Gasteiger partial charge in [0.1, 0.15) is 0 Å². The topological polar surface area (TPSA) is 97.1 Å². The van der Waals surface area contributed by atoms with Gasteiger partial charge in [0.25, 0.3) is 5.91 Å². The molecule has 6 heteroatoms. The van der Waals surface area contributed by atoms with E-state index in [0.717, 1.165) is 30.4 Å². The smallest absolute Gasteiger partial charge is 0.252 e. The summed E-state index contributed by atoms with van der Waals surface area (Å²) < 4.78 is 0. The summed E-state index contributed by atoms with van der Waals surface area (Å²) in [6, 6.07) is 19.0. The van der Waals surface area contributed by atoms with E-state index in [0.29, 0.717) is 23.5 Å². The first-order chi connectivity index (χ1) is 15.1. The molecule has 2 amide bonds. The monoisotopic (exact) mass is 414 g/mol. The number of nitrogen functional groups attached to an aromatic ring is 1. The number of allylic oxidation sites excluding steroid dienone is 1. The maximum absolute atomic E-state index is 12.2. The second kappa shape index (κ2) is 11.3. The van der Waals surface area contributed by atoms with Gasteiger partial charge in [-0.2, -0.15) is 0 Å². The van der Waals surface area contributed by atoms with Crippen LogP contribution in [0.4, 0.5) is 11.4 Å². The zero-order valence-corrected chi connectivity index (χ0v) is 17.3. The van der Waals surface area contributed by atoms with Crippen LogP contribution in [0.15, 0.2) is 85.2 Å². The number of anilines is 2. The number of pyridine rings is 1. The van der Waals surface area contributed by atoms with E-state index in [4.69, 9.17) is 5.73 Å². The van der Waals surface area contributed by atoms with Crippen molar-refractivity contribution in [3.63, 3.8) is 0 Å². The van der Waals surface area contributed by atoms with Crippen LogP contribution in [-0.2, 0) is 4.79 Å². The molecule has 6 nitrogen and oxygen atoms in total. The lowest BCUT2D eigenvalue weighted by molar-refractivity contribution is -0.111. The highest BCUT2D eigenvalue weighted by molar-refractivity contribution is 6.01. The maximum Gasteiger partial charge on any atom is 0.252 e. The fourth-order valence-electron chi connectivity index (χ4n) is 3.03. The van der Waals surface area contributed by atoms with Gasteiger partial charge in [-0.15, -0.1) is 0 Å². The molecule has 0 saturated heterocycles. The Bertz CT molecular complexity index is 1030. The fourth-order valence-corrected chi connectivity index (χ4v) is 3.03. The minimum absolute atomic E-state index is 0.127. The third-order valence-electron chi connectivity index (χ3n) is 4.69. The van der Waals surface area contributed by atoms with Crippen LogP contribution in [-0.4, -0.2) is 23.3 Å².